The highest BCUT2D eigenvalue weighted by atomic mass is 32.1. The number of rotatable bonds is 3. The molecule has 0 aromatic carbocycles. The molecule has 4 heterocycles. The van der Waals surface area contributed by atoms with E-state index in [1.807, 2.05) is 17.0 Å². The van der Waals surface area contributed by atoms with Gasteiger partial charge in [0.2, 0.25) is 5.91 Å². The molecule has 2 aromatic heterocycles. The average Bonchev–Trinajstić information content (AvgIpc) is 3.32. The van der Waals surface area contributed by atoms with Crippen LogP contribution in [0.4, 0.5) is 5.69 Å². The van der Waals surface area contributed by atoms with Crippen LogP contribution in [-0.2, 0) is 9.53 Å². The quantitative estimate of drug-likeness (QED) is 0.841. The normalized spacial score (nSPS) is 20.9. The average molecular weight is 388 g/mol. The van der Waals surface area contributed by atoms with Gasteiger partial charge in [-0.05, 0) is 37.8 Å². The molecule has 8 heteroatoms. The molecule has 2 aromatic rings. The van der Waals surface area contributed by atoms with Gasteiger partial charge >= 0.3 is 0 Å². The Kier molecular flexibility index (Phi) is 5.01. The highest BCUT2D eigenvalue weighted by molar-refractivity contribution is 7.21. The molecular formula is C19H24N4O3S. The number of nitrogens with one attached hydrogen (secondary N) is 1. The highest BCUT2D eigenvalue weighted by Gasteiger charge is 2.35. The van der Waals surface area contributed by atoms with Gasteiger partial charge in [-0.3, -0.25) is 9.59 Å². The molecule has 0 saturated carbocycles. The molecule has 7 nitrogen and oxygen atoms in total. The summed E-state index contributed by atoms with van der Waals surface area (Å²) >= 11 is 1.30. The van der Waals surface area contributed by atoms with E-state index in [9.17, 15) is 9.59 Å². The fourth-order valence-corrected chi connectivity index (χ4v) is 5.04. The Labute approximate surface area is 161 Å². The lowest BCUT2D eigenvalue weighted by Crippen LogP contribution is -2.38. The third kappa shape index (κ3) is 3.27. The minimum atomic E-state index is -0.200. The van der Waals surface area contributed by atoms with Crippen LogP contribution >= 0.6 is 11.3 Å². The van der Waals surface area contributed by atoms with Crippen molar-refractivity contribution in [2.24, 2.45) is 5.92 Å². The van der Waals surface area contributed by atoms with Crippen LogP contribution in [0, 0.1) is 5.92 Å². The number of hydrogen-bond acceptors (Lipinski definition) is 6. The van der Waals surface area contributed by atoms with E-state index in [1.165, 1.54) is 11.3 Å². The van der Waals surface area contributed by atoms with E-state index >= 15 is 0 Å². The van der Waals surface area contributed by atoms with Gasteiger partial charge in [0.1, 0.15) is 9.71 Å². The molecule has 2 fully saturated rings. The second-order valence-electron chi connectivity index (χ2n) is 7.09. The van der Waals surface area contributed by atoms with Crippen molar-refractivity contribution in [3.8, 4) is 0 Å². The van der Waals surface area contributed by atoms with E-state index in [0.717, 1.165) is 48.1 Å². The van der Waals surface area contributed by atoms with Gasteiger partial charge in [0.15, 0.2) is 0 Å². The lowest BCUT2D eigenvalue weighted by Gasteiger charge is -2.30. The monoisotopic (exact) mass is 388 g/mol. The molecule has 0 aliphatic carbocycles. The van der Waals surface area contributed by atoms with Crippen molar-refractivity contribution in [3.63, 3.8) is 0 Å². The summed E-state index contributed by atoms with van der Waals surface area (Å²) < 4.78 is 5.39. The van der Waals surface area contributed by atoms with Gasteiger partial charge in [0.25, 0.3) is 5.91 Å². The smallest absolute Gasteiger partial charge is 0.263 e. The molecule has 27 heavy (non-hydrogen) atoms. The first-order chi connectivity index (χ1) is 13.1. The van der Waals surface area contributed by atoms with Crippen molar-refractivity contribution in [1.82, 2.24) is 15.2 Å². The number of ether oxygens (including phenoxy) is 1. The van der Waals surface area contributed by atoms with E-state index < -0.39 is 0 Å². The largest absolute Gasteiger partial charge is 0.397 e. The molecule has 2 aliphatic rings. The first-order valence-corrected chi connectivity index (χ1v) is 10.2. The number of carbonyl (C=O) groups is 2. The zero-order valence-corrected chi connectivity index (χ0v) is 16.2. The Morgan fingerprint density at radius 2 is 2.07 bits per heavy atom. The number of nitrogens with zero attached hydrogens (tertiary/aromatic N) is 2. The molecule has 1 atom stereocenters. The van der Waals surface area contributed by atoms with Crippen LogP contribution in [0.1, 0.15) is 47.1 Å². The number of likely N-dealkylation sites (tertiary alicyclic amines) is 1. The molecule has 144 valence electrons. The maximum absolute atomic E-state index is 13.0. The standard InChI is InChI=1S/C19H24N4O3S/c1-21-17(24)16-15(20)12-4-5-13(22-18(12)27-16)14-3-2-8-23(14)19(25)11-6-9-26-10-7-11/h4-5,11,14H,2-3,6-10,20H2,1H3,(H,21,24)/t14-/m0/s1. The Morgan fingerprint density at radius 1 is 1.30 bits per heavy atom. The molecule has 0 radical (unpaired) electrons. The van der Waals surface area contributed by atoms with Crippen molar-refractivity contribution in [3.05, 3.63) is 22.7 Å². The molecule has 4 rings (SSSR count). The van der Waals surface area contributed by atoms with Gasteiger partial charge in [-0.15, -0.1) is 11.3 Å². The number of thiophene rings is 1. The summed E-state index contributed by atoms with van der Waals surface area (Å²) in [5.74, 6) is 0.0778. The predicted molar refractivity (Wildman–Crippen MR) is 105 cm³/mol. The van der Waals surface area contributed by atoms with E-state index in [1.54, 1.807) is 7.05 Å². The SMILES string of the molecule is CNC(=O)c1sc2nc([C@@H]3CCCN3C(=O)C3CCOCC3)ccc2c1N. The number of anilines is 1. The summed E-state index contributed by atoms with van der Waals surface area (Å²) in [5.41, 5.74) is 7.47. The summed E-state index contributed by atoms with van der Waals surface area (Å²) in [5, 5.41) is 3.41. The summed E-state index contributed by atoms with van der Waals surface area (Å²) in [6.45, 7) is 2.10. The third-order valence-corrected chi connectivity index (χ3v) is 6.61. The lowest BCUT2D eigenvalue weighted by atomic mass is 9.98. The van der Waals surface area contributed by atoms with Crippen molar-refractivity contribution in [2.45, 2.75) is 31.7 Å². The second-order valence-corrected chi connectivity index (χ2v) is 8.09. The van der Waals surface area contributed by atoms with Crippen LogP contribution in [0.2, 0.25) is 0 Å². The molecule has 3 N–H and O–H groups in total. The number of pyridine rings is 1. The maximum atomic E-state index is 13.0. The fraction of sp³-hybridized carbons (Fsp3) is 0.526. The Balaban J connectivity index is 1.62. The van der Waals surface area contributed by atoms with Gasteiger partial charge in [0.05, 0.1) is 17.4 Å². The van der Waals surface area contributed by atoms with Crippen LogP contribution in [-0.4, -0.2) is 48.5 Å². The first-order valence-electron chi connectivity index (χ1n) is 9.39. The third-order valence-electron chi connectivity index (χ3n) is 5.50. The van der Waals surface area contributed by atoms with Gasteiger partial charge in [-0.1, -0.05) is 0 Å². The van der Waals surface area contributed by atoms with E-state index in [0.29, 0.717) is 23.8 Å². The van der Waals surface area contributed by atoms with Crippen molar-refractivity contribution in [1.29, 1.82) is 0 Å². The van der Waals surface area contributed by atoms with Crippen LogP contribution in [0.25, 0.3) is 10.2 Å². The van der Waals surface area contributed by atoms with Gasteiger partial charge in [0, 0.05) is 38.1 Å². The van der Waals surface area contributed by atoms with Crippen LogP contribution in [0.5, 0.6) is 0 Å². The zero-order chi connectivity index (χ0) is 19.0. The lowest BCUT2D eigenvalue weighted by molar-refractivity contribution is -0.139. The van der Waals surface area contributed by atoms with Gasteiger partial charge in [-0.2, -0.15) is 0 Å². The van der Waals surface area contributed by atoms with Crippen LogP contribution in [0.3, 0.4) is 0 Å². The minimum absolute atomic E-state index is 0.00322. The van der Waals surface area contributed by atoms with E-state index in [4.69, 9.17) is 15.5 Å². The van der Waals surface area contributed by atoms with Crippen molar-refractivity contribution in [2.75, 3.05) is 32.5 Å². The summed E-state index contributed by atoms with van der Waals surface area (Å²) in [4.78, 5) is 33.0. The molecular weight excluding hydrogens is 364 g/mol. The van der Waals surface area contributed by atoms with Crippen LogP contribution < -0.4 is 11.1 Å². The first kappa shape index (κ1) is 18.2. The molecule has 2 aliphatic heterocycles. The molecule has 0 bridgehead atoms. The Hall–Kier alpha value is -2.19. The predicted octanol–water partition coefficient (Wildman–Crippen LogP) is 2.33. The fourth-order valence-electron chi connectivity index (χ4n) is 4.00. The molecule has 2 saturated heterocycles. The number of fused-ring (bicyclic) bond motifs is 1. The number of hydrogen-bond donors (Lipinski definition) is 2. The summed E-state index contributed by atoms with van der Waals surface area (Å²) in [7, 11) is 1.59. The number of nitrogen functional groups attached to an aromatic ring is 1. The van der Waals surface area contributed by atoms with E-state index in [-0.39, 0.29) is 23.8 Å². The van der Waals surface area contributed by atoms with Crippen molar-refractivity contribution < 1.29 is 14.3 Å². The zero-order valence-electron chi connectivity index (χ0n) is 15.4. The summed E-state index contributed by atoms with van der Waals surface area (Å²) in [6.07, 6.45) is 3.49. The Bertz CT molecular complexity index is 875. The minimum Gasteiger partial charge on any atom is -0.397 e. The second kappa shape index (κ2) is 7.44. The number of aromatic nitrogens is 1. The maximum Gasteiger partial charge on any atom is 0.263 e. The molecule has 0 spiro atoms. The molecule has 2 amide bonds. The Morgan fingerprint density at radius 3 is 2.81 bits per heavy atom. The highest BCUT2D eigenvalue weighted by Crippen LogP contribution is 2.37. The summed E-state index contributed by atoms with van der Waals surface area (Å²) in [6, 6.07) is 3.86. The topological polar surface area (TPSA) is 97.5 Å². The van der Waals surface area contributed by atoms with Gasteiger partial charge < -0.3 is 20.7 Å². The van der Waals surface area contributed by atoms with Crippen LogP contribution in [0.15, 0.2) is 12.1 Å². The van der Waals surface area contributed by atoms with E-state index in [2.05, 4.69) is 5.32 Å². The molecule has 0 unspecified atom stereocenters. The number of carbonyl (C=O) groups excluding carboxylic acids is 2. The van der Waals surface area contributed by atoms with Crippen molar-refractivity contribution >= 4 is 39.1 Å². The van der Waals surface area contributed by atoms with Gasteiger partial charge in [-0.25, -0.2) is 4.98 Å². The number of amides is 2. The number of nitrogens with two attached hydrogens (primary N) is 1.